The third kappa shape index (κ3) is 5.21. The van der Waals surface area contributed by atoms with Crippen LogP contribution >= 0.6 is 0 Å². The molecule has 1 unspecified atom stereocenters. The summed E-state index contributed by atoms with van der Waals surface area (Å²) in [4.78, 5) is 40.3. The molecule has 2 rings (SSSR count). The Morgan fingerprint density at radius 2 is 1.74 bits per heavy atom. The summed E-state index contributed by atoms with van der Waals surface area (Å²) in [5.74, 6) is -0.739. The second kappa shape index (κ2) is 9.94. The SMILES string of the molecule is CCOC(=O)CCN(CC)C(=O)N1Cc2ccccc2CC1C(=O)OCC. The van der Waals surface area contributed by atoms with Crippen LogP contribution in [0.5, 0.6) is 0 Å². The molecule has 1 heterocycles. The molecule has 7 nitrogen and oxygen atoms in total. The molecule has 0 spiro atoms. The monoisotopic (exact) mass is 376 g/mol. The Balaban J connectivity index is 2.18. The van der Waals surface area contributed by atoms with Crippen molar-refractivity contribution in [3.63, 3.8) is 0 Å². The molecule has 0 aliphatic carbocycles. The molecule has 1 aliphatic heterocycles. The van der Waals surface area contributed by atoms with Gasteiger partial charge in [-0.1, -0.05) is 24.3 Å². The van der Waals surface area contributed by atoms with Gasteiger partial charge in [0, 0.05) is 26.1 Å². The van der Waals surface area contributed by atoms with E-state index in [9.17, 15) is 14.4 Å². The first-order valence-electron chi connectivity index (χ1n) is 9.46. The average Bonchev–Trinajstić information content (AvgIpc) is 2.67. The fraction of sp³-hybridized carbons (Fsp3) is 0.550. The van der Waals surface area contributed by atoms with Crippen molar-refractivity contribution in [3.8, 4) is 0 Å². The maximum atomic E-state index is 13.1. The van der Waals surface area contributed by atoms with Gasteiger partial charge in [-0.05, 0) is 31.9 Å². The van der Waals surface area contributed by atoms with Crippen molar-refractivity contribution in [2.45, 2.75) is 46.2 Å². The first-order chi connectivity index (χ1) is 13.0. The molecule has 27 heavy (non-hydrogen) atoms. The molecule has 1 aliphatic rings. The summed E-state index contributed by atoms with van der Waals surface area (Å²) in [5.41, 5.74) is 2.07. The predicted octanol–water partition coefficient (Wildman–Crippen LogP) is 2.37. The molecule has 2 amide bonds. The van der Waals surface area contributed by atoms with Gasteiger partial charge in [0.05, 0.1) is 19.6 Å². The van der Waals surface area contributed by atoms with Crippen LogP contribution < -0.4 is 0 Å². The Bertz CT molecular complexity index is 676. The summed E-state index contributed by atoms with van der Waals surface area (Å²) < 4.78 is 10.1. The van der Waals surface area contributed by atoms with Gasteiger partial charge < -0.3 is 19.3 Å². The van der Waals surface area contributed by atoms with E-state index in [1.807, 2.05) is 31.2 Å². The Hall–Kier alpha value is -2.57. The number of fused-ring (bicyclic) bond motifs is 1. The smallest absolute Gasteiger partial charge is 0.329 e. The van der Waals surface area contributed by atoms with Crippen LogP contribution in [0.15, 0.2) is 24.3 Å². The van der Waals surface area contributed by atoms with Crippen molar-refractivity contribution in [2.24, 2.45) is 0 Å². The second-order valence-corrected chi connectivity index (χ2v) is 6.29. The molecule has 0 saturated heterocycles. The van der Waals surface area contributed by atoms with Crippen LogP contribution in [0.2, 0.25) is 0 Å². The number of carbonyl (C=O) groups excluding carboxylic acids is 3. The molecule has 148 valence electrons. The summed E-state index contributed by atoms with van der Waals surface area (Å²) in [6.07, 6.45) is 0.554. The third-order valence-electron chi connectivity index (χ3n) is 4.60. The zero-order chi connectivity index (χ0) is 19.8. The minimum absolute atomic E-state index is 0.127. The van der Waals surface area contributed by atoms with E-state index in [2.05, 4.69) is 0 Å². The molecule has 1 atom stereocenters. The maximum absolute atomic E-state index is 13.1. The van der Waals surface area contributed by atoms with Crippen LogP contribution in [0.1, 0.15) is 38.3 Å². The fourth-order valence-corrected chi connectivity index (χ4v) is 3.20. The fourth-order valence-electron chi connectivity index (χ4n) is 3.20. The maximum Gasteiger partial charge on any atom is 0.329 e. The van der Waals surface area contributed by atoms with Gasteiger partial charge in [0.15, 0.2) is 0 Å². The van der Waals surface area contributed by atoms with Gasteiger partial charge in [0.25, 0.3) is 0 Å². The number of esters is 2. The lowest BCUT2D eigenvalue weighted by Crippen LogP contribution is -2.54. The van der Waals surface area contributed by atoms with Gasteiger partial charge >= 0.3 is 18.0 Å². The largest absolute Gasteiger partial charge is 0.466 e. The zero-order valence-electron chi connectivity index (χ0n) is 16.3. The highest BCUT2D eigenvalue weighted by molar-refractivity contribution is 5.85. The Kier molecular flexibility index (Phi) is 7.64. The molecule has 1 aromatic carbocycles. The summed E-state index contributed by atoms with van der Waals surface area (Å²) in [7, 11) is 0. The minimum atomic E-state index is -0.663. The van der Waals surface area contributed by atoms with E-state index in [0.717, 1.165) is 11.1 Å². The van der Waals surface area contributed by atoms with Crippen LogP contribution in [0.3, 0.4) is 0 Å². The van der Waals surface area contributed by atoms with E-state index in [4.69, 9.17) is 9.47 Å². The van der Waals surface area contributed by atoms with Crippen molar-refractivity contribution in [1.82, 2.24) is 9.80 Å². The summed E-state index contributed by atoms with van der Waals surface area (Å²) in [5, 5.41) is 0. The lowest BCUT2D eigenvalue weighted by molar-refractivity contribution is -0.149. The van der Waals surface area contributed by atoms with Gasteiger partial charge in [-0.2, -0.15) is 0 Å². The van der Waals surface area contributed by atoms with E-state index in [0.29, 0.717) is 26.1 Å². The van der Waals surface area contributed by atoms with E-state index in [1.165, 1.54) is 0 Å². The molecular weight excluding hydrogens is 348 g/mol. The molecule has 0 fully saturated rings. The molecule has 1 aromatic rings. The van der Waals surface area contributed by atoms with Crippen LogP contribution in [-0.2, 0) is 32.0 Å². The number of hydrogen-bond acceptors (Lipinski definition) is 5. The van der Waals surface area contributed by atoms with Crippen LogP contribution in [0, 0.1) is 0 Å². The van der Waals surface area contributed by atoms with Gasteiger partial charge in [0.2, 0.25) is 0 Å². The van der Waals surface area contributed by atoms with Crippen molar-refractivity contribution in [3.05, 3.63) is 35.4 Å². The number of hydrogen-bond donors (Lipinski definition) is 0. The van der Waals surface area contributed by atoms with Gasteiger partial charge in [-0.15, -0.1) is 0 Å². The van der Waals surface area contributed by atoms with Gasteiger partial charge in [-0.3, -0.25) is 4.79 Å². The minimum Gasteiger partial charge on any atom is -0.466 e. The highest BCUT2D eigenvalue weighted by Crippen LogP contribution is 2.25. The normalized spacial score (nSPS) is 15.7. The number of benzene rings is 1. The summed E-state index contributed by atoms with van der Waals surface area (Å²) in [6, 6.07) is 6.85. The molecule has 0 aromatic heterocycles. The topological polar surface area (TPSA) is 76.2 Å². The number of urea groups is 1. The van der Waals surface area contributed by atoms with Crippen molar-refractivity contribution in [2.75, 3.05) is 26.3 Å². The van der Waals surface area contributed by atoms with Gasteiger partial charge in [0.1, 0.15) is 6.04 Å². The molecule has 0 radical (unpaired) electrons. The van der Waals surface area contributed by atoms with Crippen molar-refractivity contribution < 1.29 is 23.9 Å². The van der Waals surface area contributed by atoms with Crippen molar-refractivity contribution in [1.29, 1.82) is 0 Å². The second-order valence-electron chi connectivity index (χ2n) is 6.29. The molecular formula is C20H28N2O5. The number of ether oxygens (including phenoxy) is 2. The first-order valence-corrected chi connectivity index (χ1v) is 9.46. The van der Waals surface area contributed by atoms with Crippen LogP contribution in [0.4, 0.5) is 4.79 Å². The lowest BCUT2D eigenvalue weighted by Gasteiger charge is -2.38. The summed E-state index contributed by atoms with van der Waals surface area (Å²) >= 11 is 0. The van der Waals surface area contributed by atoms with Gasteiger partial charge in [-0.25, -0.2) is 9.59 Å². The first kappa shape index (κ1) is 20.7. The highest BCUT2D eigenvalue weighted by Gasteiger charge is 2.37. The number of carbonyl (C=O) groups is 3. The molecule has 7 heteroatoms. The number of rotatable bonds is 7. The van der Waals surface area contributed by atoms with Crippen LogP contribution in [-0.4, -0.2) is 60.1 Å². The zero-order valence-corrected chi connectivity index (χ0v) is 16.3. The Morgan fingerprint density at radius 1 is 1.07 bits per heavy atom. The standard InChI is InChI=1S/C20H28N2O5/c1-4-21(12-11-18(23)26-5-2)20(25)22-14-16-10-8-7-9-15(16)13-17(22)19(24)27-6-3/h7-10,17H,4-6,11-14H2,1-3H3. The number of nitrogens with zero attached hydrogens (tertiary/aromatic N) is 2. The van der Waals surface area contributed by atoms with E-state index in [-0.39, 0.29) is 31.6 Å². The van der Waals surface area contributed by atoms with E-state index in [1.54, 1.807) is 23.6 Å². The predicted molar refractivity (Wildman–Crippen MR) is 100 cm³/mol. The third-order valence-corrected chi connectivity index (χ3v) is 4.60. The highest BCUT2D eigenvalue weighted by atomic mass is 16.5. The molecule has 0 saturated carbocycles. The summed E-state index contributed by atoms with van der Waals surface area (Å²) in [6.45, 7) is 6.95. The van der Waals surface area contributed by atoms with Crippen LogP contribution in [0.25, 0.3) is 0 Å². The number of amides is 2. The molecule has 0 bridgehead atoms. The van der Waals surface area contributed by atoms with E-state index < -0.39 is 12.0 Å². The van der Waals surface area contributed by atoms with E-state index >= 15 is 0 Å². The van der Waals surface area contributed by atoms with Crippen molar-refractivity contribution >= 4 is 18.0 Å². The Morgan fingerprint density at radius 3 is 2.37 bits per heavy atom. The quantitative estimate of drug-likeness (QED) is 0.683. The lowest BCUT2D eigenvalue weighted by atomic mass is 9.94. The molecule has 0 N–H and O–H groups in total. The average molecular weight is 376 g/mol. The Labute approximate surface area is 160 Å².